The van der Waals surface area contributed by atoms with E-state index in [0.29, 0.717) is 13.2 Å². The van der Waals surface area contributed by atoms with E-state index in [9.17, 15) is 5.26 Å². The second kappa shape index (κ2) is 5.49. The van der Waals surface area contributed by atoms with Crippen LogP contribution < -0.4 is 5.32 Å². The quantitative estimate of drug-likeness (QED) is 0.862. The molecule has 18 heavy (non-hydrogen) atoms. The first-order valence-corrected chi connectivity index (χ1v) is 6.15. The number of rotatable bonds is 4. The Balaban J connectivity index is 2.21. The Hall–Kier alpha value is -1.41. The molecule has 0 radical (unpaired) electrons. The van der Waals surface area contributed by atoms with Crippen LogP contribution in [0.5, 0.6) is 0 Å². The Bertz CT molecular complexity index is 453. The number of nitrogens with one attached hydrogen (secondary N) is 1. The van der Waals surface area contributed by atoms with Gasteiger partial charge in [0.1, 0.15) is 0 Å². The molecule has 0 amide bonds. The van der Waals surface area contributed by atoms with E-state index in [0.717, 1.165) is 24.2 Å². The van der Waals surface area contributed by atoms with Crippen molar-refractivity contribution in [3.05, 3.63) is 35.4 Å². The maximum absolute atomic E-state index is 9.55. The van der Waals surface area contributed by atoms with Crippen molar-refractivity contribution in [3.63, 3.8) is 0 Å². The van der Waals surface area contributed by atoms with E-state index in [-0.39, 0.29) is 0 Å². The van der Waals surface area contributed by atoms with Crippen molar-refractivity contribution in [3.8, 4) is 6.07 Å². The van der Waals surface area contributed by atoms with Crippen LogP contribution in [0.3, 0.4) is 0 Å². The minimum atomic E-state index is -0.704. The molecule has 96 valence electrons. The Morgan fingerprint density at radius 2 is 2.22 bits per heavy atom. The molecule has 1 aliphatic rings. The Labute approximate surface area is 108 Å². The number of ether oxygens (including phenoxy) is 1. The van der Waals surface area contributed by atoms with E-state index < -0.39 is 5.54 Å². The topological polar surface area (TPSA) is 48.3 Å². The summed E-state index contributed by atoms with van der Waals surface area (Å²) in [5.41, 5.74) is 1.45. The maximum atomic E-state index is 9.55. The van der Waals surface area contributed by atoms with Gasteiger partial charge in [0, 0.05) is 13.1 Å². The van der Waals surface area contributed by atoms with E-state index in [2.05, 4.69) is 16.3 Å². The standard InChI is InChI=1S/C14H19N3O/c1-17(2)8-7-16-14(10-15)11-18-9-12-5-3-4-6-13(12)14/h3-6,16H,7-9,11H2,1-2H3. The van der Waals surface area contributed by atoms with Crippen molar-refractivity contribution in [1.29, 1.82) is 5.26 Å². The third-order valence-electron chi connectivity index (χ3n) is 3.23. The summed E-state index contributed by atoms with van der Waals surface area (Å²) in [6, 6.07) is 10.4. The number of fused-ring (bicyclic) bond motifs is 1. The SMILES string of the molecule is CN(C)CCNC1(C#N)COCc2ccccc21. The summed E-state index contributed by atoms with van der Waals surface area (Å²) in [7, 11) is 4.04. The molecule has 1 aliphatic heterocycles. The van der Waals surface area contributed by atoms with Crippen molar-refractivity contribution in [1.82, 2.24) is 10.2 Å². The van der Waals surface area contributed by atoms with Gasteiger partial charge in [-0.2, -0.15) is 5.26 Å². The van der Waals surface area contributed by atoms with Gasteiger partial charge in [-0.1, -0.05) is 24.3 Å². The fourth-order valence-corrected chi connectivity index (χ4v) is 2.23. The van der Waals surface area contributed by atoms with Crippen LogP contribution in [0.4, 0.5) is 0 Å². The van der Waals surface area contributed by atoms with E-state index in [1.165, 1.54) is 0 Å². The van der Waals surface area contributed by atoms with Crippen molar-refractivity contribution >= 4 is 0 Å². The highest BCUT2D eigenvalue weighted by Gasteiger charge is 2.36. The van der Waals surface area contributed by atoms with Crippen LogP contribution in [-0.2, 0) is 16.9 Å². The highest BCUT2D eigenvalue weighted by molar-refractivity contribution is 5.40. The van der Waals surface area contributed by atoms with Gasteiger partial charge in [-0.05, 0) is 25.2 Å². The smallest absolute Gasteiger partial charge is 0.156 e. The van der Waals surface area contributed by atoms with Gasteiger partial charge in [0.25, 0.3) is 0 Å². The van der Waals surface area contributed by atoms with Crippen LogP contribution in [0.25, 0.3) is 0 Å². The minimum Gasteiger partial charge on any atom is -0.373 e. The first kappa shape index (κ1) is 13.0. The zero-order valence-corrected chi connectivity index (χ0v) is 10.9. The van der Waals surface area contributed by atoms with Gasteiger partial charge in [-0.3, -0.25) is 5.32 Å². The normalized spacial score (nSPS) is 22.6. The maximum Gasteiger partial charge on any atom is 0.156 e. The van der Waals surface area contributed by atoms with E-state index in [4.69, 9.17) is 4.74 Å². The monoisotopic (exact) mass is 245 g/mol. The lowest BCUT2D eigenvalue weighted by Gasteiger charge is -2.34. The van der Waals surface area contributed by atoms with E-state index >= 15 is 0 Å². The molecule has 4 heteroatoms. The average molecular weight is 245 g/mol. The Kier molecular flexibility index (Phi) is 3.97. The van der Waals surface area contributed by atoms with Gasteiger partial charge in [0.05, 0.1) is 19.3 Å². The molecule has 0 saturated carbocycles. The highest BCUT2D eigenvalue weighted by atomic mass is 16.5. The molecule has 1 heterocycles. The first-order valence-electron chi connectivity index (χ1n) is 6.15. The molecular formula is C14H19N3O. The second-order valence-electron chi connectivity index (χ2n) is 4.90. The summed E-state index contributed by atoms with van der Waals surface area (Å²) in [6.07, 6.45) is 0. The summed E-state index contributed by atoms with van der Waals surface area (Å²) in [5, 5.41) is 12.9. The fourth-order valence-electron chi connectivity index (χ4n) is 2.23. The lowest BCUT2D eigenvalue weighted by molar-refractivity contribution is 0.0577. The van der Waals surface area contributed by atoms with Crippen LogP contribution in [0, 0.1) is 11.3 Å². The lowest BCUT2D eigenvalue weighted by Crippen LogP contribution is -2.49. The molecule has 1 N–H and O–H groups in total. The summed E-state index contributed by atoms with van der Waals surface area (Å²) < 4.78 is 5.56. The molecule has 4 nitrogen and oxygen atoms in total. The van der Waals surface area contributed by atoms with Crippen LogP contribution in [-0.4, -0.2) is 38.7 Å². The highest BCUT2D eigenvalue weighted by Crippen LogP contribution is 2.29. The molecule has 0 aliphatic carbocycles. The van der Waals surface area contributed by atoms with Crippen molar-refractivity contribution in [2.24, 2.45) is 0 Å². The predicted molar refractivity (Wildman–Crippen MR) is 69.9 cm³/mol. The third kappa shape index (κ3) is 2.54. The molecular weight excluding hydrogens is 226 g/mol. The van der Waals surface area contributed by atoms with Gasteiger partial charge in [-0.25, -0.2) is 0 Å². The molecule has 0 fully saturated rings. The number of nitriles is 1. The molecule has 1 unspecified atom stereocenters. The minimum absolute atomic E-state index is 0.411. The van der Waals surface area contributed by atoms with Crippen molar-refractivity contribution < 1.29 is 4.74 Å². The molecule has 1 aromatic rings. The van der Waals surface area contributed by atoms with Crippen molar-refractivity contribution in [2.75, 3.05) is 33.8 Å². The zero-order valence-electron chi connectivity index (χ0n) is 10.9. The van der Waals surface area contributed by atoms with Crippen LogP contribution in [0.1, 0.15) is 11.1 Å². The zero-order chi connectivity index (χ0) is 13.0. The molecule has 1 atom stereocenters. The summed E-state index contributed by atoms with van der Waals surface area (Å²) >= 11 is 0. The Morgan fingerprint density at radius 3 is 2.94 bits per heavy atom. The van der Waals surface area contributed by atoms with E-state index in [1.54, 1.807) is 0 Å². The fraction of sp³-hybridized carbons (Fsp3) is 0.500. The Morgan fingerprint density at radius 1 is 1.44 bits per heavy atom. The van der Waals surface area contributed by atoms with E-state index in [1.807, 2.05) is 38.4 Å². The van der Waals surface area contributed by atoms with Crippen LogP contribution >= 0.6 is 0 Å². The van der Waals surface area contributed by atoms with Crippen LogP contribution in [0.2, 0.25) is 0 Å². The van der Waals surface area contributed by atoms with Gasteiger partial charge in [-0.15, -0.1) is 0 Å². The molecule has 0 spiro atoms. The number of benzene rings is 1. The number of likely N-dealkylation sites (N-methyl/N-ethyl adjacent to an activating group) is 1. The number of hydrogen-bond acceptors (Lipinski definition) is 4. The predicted octanol–water partition coefficient (Wildman–Crippen LogP) is 1.09. The second-order valence-corrected chi connectivity index (χ2v) is 4.90. The molecule has 0 saturated heterocycles. The largest absolute Gasteiger partial charge is 0.373 e. The number of hydrogen-bond donors (Lipinski definition) is 1. The van der Waals surface area contributed by atoms with Crippen LogP contribution in [0.15, 0.2) is 24.3 Å². The van der Waals surface area contributed by atoms with Gasteiger partial charge < -0.3 is 9.64 Å². The van der Waals surface area contributed by atoms with Gasteiger partial charge in [0.15, 0.2) is 5.54 Å². The summed E-state index contributed by atoms with van der Waals surface area (Å²) in [4.78, 5) is 2.09. The summed E-state index contributed by atoms with van der Waals surface area (Å²) in [5.74, 6) is 0. The molecule has 0 aromatic heterocycles. The summed E-state index contributed by atoms with van der Waals surface area (Å²) in [6.45, 7) is 2.66. The van der Waals surface area contributed by atoms with Crippen molar-refractivity contribution in [2.45, 2.75) is 12.1 Å². The molecule has 1 aromatic carbocycles. The third-order valence-corrected chi connectivity index (χ3v) is 3.23. The lowest BCUT2D eigenvalue weighted by atomic mass is 9.86. The first-order chi connectivity index (χ1) is 8.68. The number of nitrogens with zero attached hydrogens (tertiary/aromatic N) is 2. The van der Waals surface area contributed by atoms with Gasteiger partial charge in [0.2, 0.25) is 0 Å². The molecule has 2 rings (SSSR count). The van der Waals surface area contributed by atoms with Gasteiger partial charge >= 0.3 is 0 Å². The molecule has 0 bridgehead atoms. The average Bonchev–Trinajstić information content (AvgIpc) is 2.38.